The molecule has 0 saturated carbocycles. The van der Waals surface area contributed by atoms with E-state index < -0.39 is 18.4 Å². The number of aryl methyl sites for hydroxylation is 1. The van der Waals surface area contributed by atoms with E-state index in [4.69, 9.17) is 0 Å². The number of hydrogen-bond acceptors (Lipinski definition) is 1. The first kappa shape index (κ1) is 13.2. The molecule has 5 heteroatoms. The Balaban J connectivity index is 2.39. The molecule has 1 rings (SSSR count). The van der Waals surface area contributed by atoms with Crippen molar-refractivity contribution in [1.29, 1.82) is 0 Å². The Morgan fingerprint density at radius 1 is 1.31 bits per heavy atom. The SMILES string of the molecule is O=C(CCCc1cccc(Br)c1)C(F)(F)F. The van der Waals surface area contributed by atoms with Crippen molar-refractivity contribution >= 4 is 21.7 Å². The fourth-order valence-corrected chi connectivity index (χ4v) is 1.73. The lowest BCUT2D eigenvalue weighted by molar-refractivity contribution is -0.171. The highest BCUT2D eigenvalue weighted by molar-refractivity contribution is 9.10. The van der Waals surface area contributed by atoms with Crippen molar-refractivity contribution in [3.8, 4) is 0 Å². The first-order valence-corrected chi connectivity index (χ1v) is 5.53. The third-order valence-corrected chi connectivity index (χ3v) is 2.57. The molecule has 1 aromatic carbocycles. The second-order valence-corrected chi connectivity index (χ2v) is 4.32. The van der Waals surface area contributed by atoms with Gasteiger partial charge in [-0.05, 0) is 30.5 Å². The molecule has 88 valence electrons. The lowest BCUT2D eigenvalue weighted by atomic mass is 10.1. The molecule has 0 fully saturated rings. The maximum absolute atomic E-state index is 11.9. The number of rotatable bonds is 4. The molecule has 16 heavy (non-hydrogen) atoms. The third kappa shape index (κ3) is 4.35. The van der Waals surface area contributed by atoms with Gasteiger partial charge in [-0.2, -0.15) is 13.2 Å². The number of benzene rings is 1. The van der Waals surface area contributed by atoms with Gasteiger partial charge < -0.3 is 0 Å². The zero-order valence-corrected chi connectivity index (χ0v) is 9.94. The summed E-state index contributed by atoms with van der Waals surface area (Å²) in [7, 11) is 0. The summed E-state index contributed by atoms with van der Waals surface area (Å²) in [5.41, 5.74) is 0.921. The number of Topliss-reactive ketones (excluding diaryl/α,β-unsaturated/α-hetero) is 1. The van der Waals surface area contributed by atoms with E-state index in [0.29, 0.717) is 6.42 Å². The van der Waals surface area contributed by atoms with Gasteiger partial charge in [0, 0.05) is 10.9 Å². The van der Waals surface area contributed by atoms with Gasteiger partial charge in [0.25, 0.3) is 0 Å². The van der Waals surface area contributed by atoms with Gasteiger partial charge >= 0.3 is 6.18 Å². The highest BCUT2D eigenvalue weighted by Crippen LogP contribution is 2.20. The van der Waals surface area contributed by atoms with Crippen LogP contribution < -0.4 is 0 Å². The van der Waals surface area contributed by atoms with E-state index in [-0.39, 0.29) is 6.42 Å². The zero-order valence-electron chi connectivity index (χ0n) is 8.35. The summed E-state index contributed by atoms with van der Waals surface area (Å²) in [5, 5.41) is 0. The minimum Gasteiger partial charge on any atom is -0.290 e. The van der Waals surface area contributed by atoms with Gasteiger partial charge in [-0.15, -0.1) is 0 Å². The van der Waals surface area contributed by atoms with Crippen molar-refractivity contribution in [2.24, 2.45) is 0 Å². The lowest BCUT2D eigenvalue weighted by Gasteiger charge is -2.05. The smallest absolute Gasteiger partial charge is 0.290 e. The normalized spacial score (nSPS) is 11.5. The van der Waals surface area contributed by atoms with Crippen LogP contribution in [0, 0.1) is 0 Å². The number of hydrogen-bond donors (Lipinski definition) is 0. The molecule has 0 spiro atoms. The van der Waals surface area contributed by atoms with E-state index in [1.165, 1.54) is 0 Å². The number of halogens is 4. The van der Waals surface area contributed by atoms with Crippen LogP contribution in [-0.4, -0.2) is 12.0 Å². The predicted molar refractivity (Wildman–Crippen MR) is 58.1 cm³/mol. The molecule has 0 N–H and O–H groups in total. The van der Waals surface area contributed by atoms with Gasteiger partial charge in [-0.25, -0.2) is 0 Å². The maximum atomic E-state index is 11.9. The first-order valence-electron chi connectivity index (χ1n) is 4.74. The van der Waals surface area contributed by atoms with Gasteiger partial charge in [0.15, 0.2) is 0 Å². The Kier molecular flexibility index (Phi) is 4.53. The second kappa shape index (κ2) is 5.48. The summed E-state index contributed by atoms with van der Waals surface area (Å²) in [5.74, 6) is -1.65. The second-order valence-electron chi connectivity index (χ2n) is 3.40. The third-order valence-electron chi connectivity index (χ3n) is 2.07. The van der Waals surface area contributed by atoms with E-state index in [9.17, 15) is 18.0 Å². The molecule has 0 aliphatic carbocycles. The summed E-state index contributed by atoms with van der Waals surface area (Å²) in [4.78, 5) is 10.6. The minimum atomic E-state index is -4.70. The van der Waals surface area contributed by atoms with Gasteiger partial charge in [0.2, 0.25) is 5.78 Å². The minimum absolute atomic E-state index is 0.217. The quantitative estimate of drug-likeness (QED) is 0.823. The number of alkyl halides is 3. The fraction of sp³-hybridized carbons (Fsp3) is 0.364. The molecule has 0 aliphatic rings. The van der Waals surface area contributed by atoms with E-state index in [1.54, 1.807) is 0 Å². The first-order chi connectivity index (χ1) is 7.39. The van der Waals surface area contributed by atoms with Crippen molar-refractivity contribution in [2.45, 2.75) is 25.4 Å². The summed E-state index contributed by atoms with van der Waals surface area (Å²) >= 11 is 3.27. The van der Waals surface area contributed by atoms with Crippen LogP contribution in [0.25, 0.3) is 0 Å². The Morgan fingerprint density at radius 2 is 2.00 bits per heavy atom. The fourth-order valence-electron chi connectivity index (χ4n) is 1.29. The van der Waals surface area contributed by atoms with Crippen LogP contribution in [0.4, 0.5) is 13.2 Å². The molecule has 0 saturated heterocycles. The van der Waals surface area contributed by atoms with E-state index in [1.807, 2.05) is 24.3 Å². The number of carbonyl (C=O) groups excluding carboxylic acids is 1. The van der Waals surface area contributed by atoms with Crippen LogP contribution in [0.3, 0.4) is 0 Å². The molecule has 1 aromatic rings. The molecule has 0 unspecified atom stereocenters. The molecular weight excluding hydrogens is 285 g/mol. The average Bonchev–Trinajstić information content (AvgIpc) is 2.16. The predicted octanol–water partition coefficient (Wildman–Crippen LogP) is 3.90. The van der Waals surface area contributed by atoms with Crippen molar-refractivity contribution in [2.75, 3.05) is 0 Å². The van der Waals surface area contributed by atoms with Crippen LogP contribution in [0.5, 0.6) is 0 Å². The van der Waals surface area contributed by atoms with Crippen LogP contribution in [-0.2, 0) is 11.2 Å². The van der Waals surface area contributed by atoms with Crippen molar-refractivity contribution in [1.82, 2.24) is 0 Å². The van der Waals surface area contributed by atoms with Crippen molar-refractivity contribution in [3.63, 3.8) is 0 Å². The number of carbonyl (C=O) groups is 1. The molecule has 0 atom stereocenters. The van der Waals surface area contributed by atoms with Gasteiger partial charge in [0.05, 0.1) is 0 Å². The van der Waals surface area contributed by atoms with Crippen LogP contribution in [0.2, 0.25) is 0 Å². The molecule has 0 bridgehead atoms. The van der Waals surface area contributed by atoms with Crippen LogP contribution in [0.1, 0.15) is 18.4 Å². The standard InChI is InChI=1S/C11H10BrF3O/c12-9-5-1-3-8(7-9)4-2-6-10(16)11(13,14)15/h1,3,5,7H,2,4,6H2. The highest BCUT2D eigenvalue weighted by atomic mass is 79.9. The molecule has 0 aliphatic heterocycles. The average molecular weight is 295 g/mol. The van der Waals surface area contributed by atoms with E-state index in [2.05, 4.69) is 15.9 Å². The molecular formula is C11H10BrF3O. The van der Waals surface area contributed by atoms with E-state index >= 15 is 0 Å². The highest BCUT2D eigenvalue weighted by Gasteiger charge is 2.37. The largest absolute Gasteiger partial charge is 0.449 e. The summed E-state index contributed by atoms with van der Waals surface area (Å²) in [6.45, 7) is 0. The van der Waals surface area contributed by atoms with Crippen LogP contribution in [0.15, 0.2) is 28.7 Å². The summed E-state index contributed by atoms with van der Waals surface area (Å²) in [6.07, 6.45) is -4.46. The monoisotopic (exact) mass is 294 g/mol. The number of ketones is 1. The van der Waals surface area contributed by atoms with Gasteiger partial charge in [0.1, 0.15) is 0 Å². The molecule has 0 heterocycles. The molecule has 1 nitrogen and oxygen atoms in total. The Hall–Kier alpha value is -0.840. The Bertz CT molecular complexity index is 374. The van der Waals surface area contributed by atoms with Crippen molar-refractivity contribution < 1.29 is 18.0 Å². The molecule has 0 amide bonds. The Labute approximate surface area is 99.8 Å². The summed E-state index contributed by atoms with van der Waals surface area (Å²) < 4.78 is 36.5. The topological polar surface area (TPSA) is 17.1 Å². The maximum Gasteiger partial charge on any atom is 0.449 e. The lowest BCUT2D eigenvalue weighted by Crippen LogP contribution is -2.22. The summed E-state index contributed by atoms with van der Waals surface area (Å²) in [6, 6.07) is 7.30. The molecule has 0 aromatic heterocycles. The van der Waals surface area contributed by atoms with Crippen molar-refractivity contribution in [3.05, 3.63) is 34.3 Å². The van der Waals surface area contributed by atoms with Gasteiger partial charge in [-0.3, -0.25) is 4.79 Å². The molecule has 0 radical (unpaired) electrons. The van der Waals surface area contributed by atoms with Crippen LogP contribution >= 0.6 is 15.9 Å². The zero-order chi connectivity index (χ0) is 12.2. The Morgan fingerprint density at radius 3 is 2.56 bits per heavy atom. The van der Waals surface area contributed by atoms with Gasteiger partial charge in [-0.1, -0.05) is 28.1 Å². The van der Waals surface area contributed by atoms with E-state index in [0.717, 1.165) is 10.0 Å².